The van der Waals surface area contributed by atoms with E-state index in [1.165, 1.54) is 15.7 Å². The molecule has 0 unspecified atom stereocenters. The summed E-state index contributed by atoms with van der Waals surface area (Å²) < 4.78 is 1.19. The molecule has 0 aliphatic carbocycles. The van der Waals surface area contributed by atoms with Crippen LogP contribution in [0.1, 0.15) is 41.9 Å². The first kappa shape index (κ1) is 17.2. The van der Waals surface area contributed by atoms with Crippen LogP contribution in [-0.4, -0.2) is 36.5 Å². The van der Waals surface area contributed by atoms with Gasteiger partial charge in [-0.15, -0.1) is 11.3 Å². The van der Waals surface area contributed by atoms with E-state index in [2.05, 4.69) is 49.2 Å². The predicted molar refractivity (Wildman–Crippen MR) is 103 cm³/mol. The van der Waals surface area contributed by atoms with Crippen molar-refractivity contribution in [2.24, 2.45) is 0 Å². The van der Waals surface area contributed by atoms with Crippen molar-refractivity contribution in [3.05, 3.63) is 46.4 Å². The van der Waals surface area contributed by atoms with Crippen LogP contribution in [-0.2, 0) is 0 Å². The van der Waals surface area contributed by atoms with Gasteiger partial charge in [0.15, 0.2) is 0 Å². The summed E-state index contributed by atoms with van der Waals surface area (Å²) in [5.74, 6) is 0.0939. The lowest BCUT2D eigenvalue weighted by molar-refractivity contribution is 0.0917. The molecule has 2 heterocycles. The van der Waals surface area contributed by atoms with Gasteiger partial charge in [-0.2, -0.15) is 0 Å². The smallest absolute Gasteiger partial charge is 0.261 e. The van der Waals surface area contributed by atoms with Gasteiger partial charge in [0.2, 0.25) is 0 Å². The molecule has 128 valence electrons. The number of aryl methyl sites for hydroxylation is 1. The molecule has 3 nitrogen and oxygen atoms in total. The zero-order chi connectivity index (χ0) is 17.1. The first-order chi connectivity index (χ1) is 11.5. The van der Waals surface area contributed by atoms with Crippen molar-refractivity contribution in [3.63, 3.8) is 0 Å². The van der Waals surface area contributed by atoms with Crippen molar-refractivity contribution in [1.82, 2.24) is 10.2 Å². The highest BCUT2D eigenvalue weighted by molar-refractivity contribution is 7.21. The van der Waals surface area contributed by atoms with E-state index in [-0.39, 0.29) is 5.91 Å². The Morgan fingerprint density at radius 3 is 2.67 bits per heavy atom. The van der Waals surface area contributed by atoms with Gasteiger partial charge < -0.3 is 5.32 Å². The molecule has 24 heavy (non-hydrogen) atoms. The topological polar surface area (TPSA) is 32.3 Å². The molecule has 0 saturated carbocycles. The van der Waals surface area contributed by atoms with E-state index in [1.54, 1.807) is 11.3 Å². The number of carbonyl (C=O) groups is 1. The molecule has 0 atom stereocenters. The molecule has 1 aliphatic heterocycles. The number of piperidine rings is 1. The highest BCUT2D eigenvalue weighted by Crippen LogP contribution is 2.30. The van der Waals surface area contributed by atoms with Crippen molar-refractivity contribution in [3.8, 4) is 0 Å². The van der Waals surface area contributed by atoms with E-state index in [4.69, 9.17) is 0 Å². The molecule has 1 fully saturated rings. The molecule has 1 saturated heterocycles. The number of carbonyl (C=O) groups excluding carboxylic acids is 1. The van der Waals surface area contributed by atoms with Gasteiger partial charge in [0.05, 0.1) is 4.88 Å². The molecule has 0 spiro atoms. The monoisotopic (exact) mass is 342 g/mol. The SMILES string of the molecule is CC(C)=CCN1CCC(NC(=O)c2sc3ccccc3c2C)CC1. The van der Waals surface area contributed by atoms with Gasteiger partial charge in [0.1, 0.15) is 0 Å². The minimum Gasteiger partial charge on any atom is -0.349 e. The lowest BCUT2D eigenvalue weighted by Crippen LogP contribution is -2.44. The Bertz CT molecular complexity index is 750. The Hall–Kier alpha value is -1.65. The second-order valence-corrected chi connectivity index (χ2v) is 7.93. The number of benzene rings is 1. The minimum absolute atomic E-state index is 0.0939. The van der Waals surface area contributed by atoms with Gasteiger partial charge >= 0.3 is 0 Å². The Balaban J connectivity index is 1.59. The summed E-state index contributed by atoms with van der Waals surface area (Å²) in [6.07, 6.45) is 4.35. The van der Waals surface area contributed by atoms with Crippen molar-refractivity contribution < 1.29 is 4.79 Å². The van der Waals surface area contributed by atoms with Gasteiger partial charge in [0.25, 0.3) is 5.91 Å². The largest absolute Gasteiger partial charge is 0.349 e. The predicted octanol–water partition coefficient (Wildman–Crippen LogP) is 4.37. The third kappa shape index (κ3) is 3.87. The molecule has 4 heteroatoms. The number of likely N-dealkylation sites (tertiary alicyclic amines) is 1. The highest BCUT2D eigenvalue weighted by Gasteiger charge is 2.22. The lowest BCUT2D eigenvalue weighted by atomic mass is 10.0. The maximum atomic E-state index is 12.7. The number of nitrogens with zero attached hydrogens (tertiary/aromatic N) is 1. The van der Waals surface area contributed by atoms with Gasteiger partial charge in [0, 0.05) is 30.4 Å². The molecule has 2 aromatic rings. The maximum Gasteiger partial charge on any atom is 0.261 e. The quantitative estimate of drug-likeness (QED) is 0.837. The number of amides is 1. The van der Waals surface area contributed by atoms with Crippen LogP contribution in [0.5, 0.6) is 0 Å². The summed E-state index contributed by atoms with van der Waals surface area (Å²) in [5, 5.41) is 4.45. The number of allylic oxidation sites excluding steroid dienone is 1. The van der Waals surface area contributed by atoms with Crippen LogP contribution >= 0.6 is 11.3 Å². The van der Waals surface area contributed by atoms with Gasteiger partial charge in [-0.25, -0.2) is 0 Å². The van der Waals surface area contributed by atoms with Crippen LogP contribution < -0.4 is 5.32 Å². The Labute approximate surface area is 148 Å². The summed E-state index contributed by atoms with van der Waals surface area (Å²) in [4.78, 5) is 16.0. The van der Waals surface area contributed by atoms with Gasteiger partial charge in [-0.05, 0) is 50.6 Å². The summed E-state index contributed by atoms with van der Waals surface area (Å²) in [6, 6.07) is 8.55. The Kier molecular flexibility index (Phi) is 5.36. The number of fused-ring (bicyclic) bond motifs is 1. The second kappa shape index (κ2) is 7.49. The van der Waals surface area contributed by atoms with E-state index in [0.29, 0.717) is 6.04 Å². The average Bonchev–Trinajstić information content (AvgIpc) is 2.92. The van der Waals surface area contributed by atoms with Crippen LogP contribution in [0.3, 0.4) is 0 Å². The summed E-state index contributed by atoms with van der Waals surface area (Å²) >= 11 is 1.60. The molecule has 1 N–H and O–H groups in total. The third-order valence-corrected chi connectivity index (χ3v) is 6.00. The summed E-state index contributed by atoms with van der Waals surface area (Å²) in [5.41, 5.74) is 2.47. The molecule has 3 rings (SSSR count). The Morgan fingerprint density at radius 1 is 1.29 bits per heavy atom. The molecule has 1 amide bonds. The van der Waals surface area contributed by atoms with Crippen LogP contribution in [0, 0.1) is 6.92 Å². The van der Waals surface area contributed by atoms with E-state index in [1.807, 2.05) is 12.1 Å². The Morgan fingerprint density at radius 2 is 2.00 bits per heavy atom. The van der Waals surface area contributed by atoms with Crippen molar-refractivity contribution in [2.75, 3.05) is 19.6 Å². The van der Waals surface area contributed by atoms with Crippen LogP contribution in [0.2, 0.25) is 0 Å². The number of rotatable bonds is 4. The fraction of sp³-hybridized carbons (Fsp3) is 0.450. The van der Waals surface area contributed by atoms with Crippen LogP contribution in [0.25, 0.3) is 10.1 Å². The number of hydrogen-bond acceptors (Lipinski definition) is 3. The molecule has 0 bridgehead atoms. The van der Waals surface area contributed by atoms with E-state index in [0.717, 1.165) is 42.9 Å². The second-order valence-electron chi connectivity index (χ2n) is 6.88. The van der Waals surface area contributed by atoms with E-state index in [9.17, 15) is 4.79 Å². The normalized spacial score (nSPS) is 16.3. The minimum atomic E-state index is 0.0939. The standard InChI is InChI=1S/C20H26N2OS/c1-14(2)8-11-22-12-9-16(10-13-22)21-20(23)19-15(3)17-6-4-5-7-18(17)24-19/h4-8,16H,9-13H2,1-3H3,(H,21,23). The molecular weight excluding hydrogens is 316 g/mol. The molecule has 1 aromatic carbocycles. The van der Waals surface area contributed by atoms with E-state index >= 15 is 0 Å². The molecule has 0 radical (unpaired) electrons. The fourth-order valence-corrected chi connectivity index (χ4v) is 4.33. The van der Waals surface area contributed by atoms with E-state index < -0.39 is 0 Å². The lowest BCUT2D eigenvalue weighted by Gasteiger charge is -2.31. The highest BCUT2D eigenvalue weighted by atomic mass is 32.1. The van der Waals surface area contributed by atoms with Crippen molar-refractivity contribution >= 4 is 27.3 Å². The number of nitrogens with one attached hydrogen (secondary N) is 1. The summed E-state index contributed by atoms with van der Waals surface area (Å²) in [7, 11) is 0. The molecule has 1 aromatic heterocycles. The molecule has 1 aliphatic rings. The van der Waals surface area contributed by atoms with Gasteiger partial charge in [-0.1, -0.05) is 29.8 Å². The first-order valence-corrected chi connectivity index (χ1v) is 9.51. The zero-order valence-electron chi connectivity index (χ0n) is 14.8. The van der Waals surface area contributed by atoms with Crippen LogP contribution in [0.4, 0.5) is 0 Å². The summed E-state index contributed by atoms with van der Waals surface area (Å²) in [6.45, 7) is 9.47. The number of hydrogen-bond donors (Lipinski definition) is 1. The zero-order valence-corrected chi connectivity index (χ0v) is 15.6. The third-order valence-electron chi connectivity index (χ3n) is 4.73. The average molecular weight is 343 g/mol. The van der Waals surface area contributed by atoms with Crippen molar-refractivity contribution in [2.45, 2.75) is 39.7 Å². The fourth-order valence-electron chi connectivity index (χ4n) is 3.21. The number of thiophene rings is 1. The van der Waals surface area contributed by atoms with Gasteiger partial charge in [-0.3, -0.25) is 9.69 Å². The molecular formula is C20H26N2OS. The maximum absolute atomic E-state index is 12.7. The van der Waals surface area contributed by atoms with Crippen molar-refractivity contribution in [1.29, 1.82) is 0 Å². The first-order valence-electron chi connectivity index (χ1n) is 8.69. The van der Waals surface area contributed by atoms with Crippen LogP contribution in [0.15, 0.2) is 35.9 Å².